The van der Waals surface area contributed by atoms with Gasteiger partial charge in [0.2, 0.25) is 0 Å². The lowest BCUT2D eigenvalue weighted by molar-refractivity contribution is -0.387. The van der Waals surface area contributed by atoms with Gasteiger partial charge in [0, 0.05) is 17.3 Å². The number of nitrogens with zero attached hydrogens (tertiary/aromatic N) is 1. The summed E-state index contributed by atoms with van der Waals surface area (Å²) >= 11 is 1.28. The van der Waals surface area contributed by atoms with E-state index in [-0.39, 0.29) is 17.2 Å². The Hall–Kier alpha value is -2.34. The average molecular weight is 316 g/mol. The molecule has 0 bridgehead atoms. The van der Waals surface area contributed by atoms with Crippen molar-refractivity contribution in [2.75, 3.05) is 11.6 Å². The molecule has 0 heterocycles. The van der Waals surface area contributed by atoms with Crippen molar-refractivity contribution in [3.8, 4) is 0 Å². The fraction of sp³-hybridized carbons (Fsp3) is 0.188. The molecule has 0 radical (unpaired) electrons. The van der Waals surface area contributed by atoms with Crippen molar-refractivity contribution in [3.63, 3.8) is 0 Å². The van der Waals surface area contributed by atoms with Crippen LogP contribution >= 0.6 is 11.8 Å². The number of nitrogens with one attached hydrogen (secondary N) is 1. The number of amides is 1. The Morgan fingerprint density at radius 1 is 1.23 bits per heavy atom. The first kappa shape index (κ1) is 16.0. The molecule has 0 aromatic heterocycles. The zero-order valence-electron chi connectivity index (χ0n) is 12.3. The van der Waals surface area contributed by atoms with Crippen molar-refractivity contribution in [3.05, 3.63) is 63.7 Å². The van der Waals surface area contributed by atoms with E-state index in [1.54, 1.807) is 18.4 Å². The molecule has 2 aromatic rings. The second kappa shape index (κ2) is 7.09. The van der Waals surface area contributed by atoms with Crippen molar-refractivity contribution < 1.29 is 9.72 Å². The number of rotatable bonds is 5. The summed E-state index contributed by atoms with van der Waals surface area (Å²) in [5.74, 6) is -0.361. The van der Waals surface area contributed by atoms with Crippen LogP contribution in [0.4, 0.5) is 11.4 Å². The van der Waals surface area contributed by atoms with E-state index in [2.05, 4.69) is 12.2 Å². The molecule has 0 atom stereocenters. The van der Waals surface area contributed by atoms with Gasteiger partial charge in [-0.1, -0.05) is 19.1 Å². The van der Waals surface area contributed by atoms with Gasteiger partial charge < -0.3 is 5.32 Å². The highest BCUT2D eigenvalue weighted by atomic mass is 32.2. The molecule has 114 valence electrons. The second-order valence-corrected chi connectivity index (χ2v) is 5.50. The van der Waals surface area contributed by atoms with E-state index in [0.29, 0.717) is 10.6 Å². The number of carbonyl (C=O) groups is 1. The van der Waals surface area contributed by atoms with E-state index >= 15 is 0 Å². The van der Waals surface area contributed by atoms with Crippen molar-refractivity contribution in [2.45, 2.75) is 18.2 Å². The summed E-state index contributed by atoms with van der Waals surface area (Å²) in [6, 6.07) is 12.0. The smallest absolute Gasteiger partial charge is 0.283 e. The Bertz CT molecular complexity index is 699. The van der Waals surface area contributed by atoms with Crippen molar-refractivity contribution in [1.82, 2.24) is 0 Å². The first-order valence-electron chi connectivity index (χ1n) is 6.78. The zero-order valence-corrected chi connectivity index (χ0v) is 13.1. The summed E-state index contributed by atoms with van der Waals surface area (Å²) in [5.41, 5.74) is 2.06. The number of thioether (sulfide) groups is 1. The van der Waals surface area contributed by atoms with Crippen molar-refractivity contribution >= 4 is 29.0 Å². The van der Waals surface area contributed by atoms with Crippen LogP contribution < -0.4 is 5.32 Å². The van der Waals surface area contributed by atoms with Gasteiger partial charge >= 0.3 is 0 Å². The zero-order chi connectivity index (χ0) is 16.1. The minimum atomic E-state index is -0.474. The highest BCUT2D eigenvalue weighted by molar-refractivity contribution is 7.98. The molecular formula is C16H16N2O3S. The predicted octanol–water partition coefficient (Wildman–Crippen LogP) is 4.13. The van der Waals surface area contributed by atoms with Crippen LogP contribution in [0.15, 0.2) is 47.4 Å². The first-order valence-corrected chi connectivity index (χ1v) is 8.00. The molecule has 1 N–H and O–H groups in total. The van der Waals surface area contributed by atoms with Crippen LogP contribution in [0.2, 0.25) is 0 Å². The van der Waals surface area contributed by atoms with E-state index in [9.17, 15) is 14.9 Å². The SMILES string of the molecule is CCc1ccc(NC(=O)c2ccc(SC)c([N+](=O)[O-])c2)cc1. The quantitative estimate of drug-likeness (QED) is 0.511. The molecule has 0 spiro atoms. The number of nitro benzene ring substituents is 1. The third-order valence-corrected chi connectivity index (χ3v) is 4.04. The maximum atomic E-state index is 12.2. The minimum absolute atomic E-state index is 0.0542. The van der Waals surface area contributed by atoms with Gasteiger partial charge in [-0.15, -0.1) is 11.8 Å². The van der Waals surface area contributed by atoms with Crippen LogP contribution in [0, 0.1) is 10.1 Å². The monoisotopic (exact) mass is 316 g/mol. The molecule has 0 aliphatic rings. The number of hydrogen-bond donors (Lipinski definition) is 1. The van der Waals surface area contributed by atoms with Gasteiger partial charge in [-0.25, -0.2) is 0 Å². The maximum Gasteiger partial charge on any atom is 0.283 e. The molecule has 6 heteroatoms. The third-order valence-electron chi connectivity index (χ3n) is 3.26. The summed E-state index contributed by atoms with van der Waals surface area (Å²) in [5, 5.41) is 13.8. The predicted molar refractivity (Wildman–Crippen MR) is 88.7 cm³/mol. The Kier molecular flexibility index (Phi) is 5.16. The fourth-order valence-corrected chi connectivity index (χ4v) is 2.55. The molecule has 22 heavy (non-hydrogen) atoms. The molecule has 2 aromatic carbocycles. The lowest BCUT2D eigenvalue weighted by Gasteiger charge is -2.07. The topological polar surface area (TPSA) is 72.2 Å². The van der Waals surface area contributed by atoms with Crippen LogP contribution in [0.25, 0.3) is 0 Å². The summed E-state index contributed by atoms with van der Waals surface area (Å²) in [4.78, 5) is 23.3. The lowest BCUT2D eigenvalue weighted by Crippen LogP contribution is -2.12. The van der Waals surface area contributed by atoms with Crippen LogP contribution in [0.3, 0.4) is 0 Å². The Morgan fingerprint density at radius 3 is 2.45 bits per heavy atom. The van der Waals surface area contributed by atoms with Crippen LogP contribution in [-0.2, 0) is 6.42 Å². The molecule has 2 rings (SSSR count). The number of nitro groups is 1. The largest absolute Gasteiger partial charge is 0.322 e. The highest BCUT2D eigenvalue weighted by Gasteiger charge is 2.17. The van der Waals surface area contributed by atoms with E-state index in [0.717, 1.165) is 6.42 Å². The van der Waals surface area contributed by atoms with Gasteiger partial charge in [0.15, 0.2) is 0 Å². The van der Waals surface area contributed by atoms with E-state index in [1.807, 2.05) is 24.3 Å². The molecule has 0 saturated heterocycles. The number of aryl methyl sites for hydroxylation is 1. The normalized spacial score (nSPS) is 10.3. The standard InChI is InChI=1S/C16H16N2O3S/c1-3-11-4-7-13(8-5-11)17-16(19)12-6-9-15(22-2)14(10-12)18(20)21/h4-10H,3H2,1-2H3,(H,17,19). The maximum absolute atomic E-state index is 12.2. The molecule has 5 nitrogen and oxygen atoms in total. The first-order chi connectivity index (χ1) is 10.5. The summed E-state index contributed by atoms with van der Waals surface area (Å²) in [7, 11) is 0. The minimum Gasteiger partial charge on any atom is -0.322 e. The molecular weight excluding hydrogens is 300 g/mol. The van der Waals surface area contributed by atoms with E-state index in [1.165, 1.54) is 23.4 Å². The number of benzene rings is 2. The highest BCUT2D eigenvalue weighted by Crippen LogP contribution is 2.28. The van der Waals surface area contributed by atoms with Crippen molar-refractivity contribution in [1.29, 1.82) is 0 Å². The summed E-state index contributed by atoms with van der Waals surface area (Å²) < 4.78 is 0. The number of hydrogen-bond acceptors (Lipinski definition) is 4. The van der Waals surface area contributed by atoms with Gasteiger partial charge in [0.25, 0.3) is 11.6 Å². The van der Waals surface area contributed by atoms with Gasteiger partial charge in [0.1, 0.15) is 0 Å². The van der Waals surface area contributed by atoms with E-state index < -0.39 is 4.92 Å². The fourth-order valence-electron chi connectivity index (χ4n) is 2.00. The Labute approximate surface area is 132 Å². The second-order valence-electron chi connectivity index (χ2n) is 4.65. The third kappa shape index (κ3) is 3.65. The van der Waals surface area contributed by atoms with Gasteiger partial charge in [-0.05, 0) is 42.5 Å². The van der Waals surface area contributed by atoms with E-state index in [4.69, 9.17) is 0 Å². The Balaban J connectivity index is 2.21. The van der Waals surface area contributed by atoms with Gasteiger partial charge in [-0.3, -0.25) is 14.9 Å². The summed E-state index contributed by atoms with van der Waals surface area (Å²) in [6.07, 6.45) is 2.69. The van der Waals surface area contributed by atoms with Crippen molar-refractivity contribution in [2.24, 2.45) is 0 Å². The average Bonchev–Trinajstić information content (AvgIpc) is 2.54. The molecule has 0 aliphatic carbocycles. The summed E-state index contributed by atoms with van der Waals surface area (Å²) in [6.45, 7) is 2.06. The number of anilines is 1. The molecule has 0 saturated carbocycles. The van der Waals surface area contributed by atoms with Gasteiger partial charge in [-0.2, -0.15) is 0 Å². The van der Waals surface area contributed by atoms with Crippen LogP contribution in [0.5, 0.6) is 0 Å². The van der Waals surface area contributed by atoms with Crippen LogP contribution in [0.1, 0.15) is 22.8 Å². The van der Waals surface area contributed by atoms with Crippen LogP contribution in [-0.4, -0.2) is 17.1 Å². The Morgan fingerprint density at radius 2 is 1.91 bits per heavy atom. The number of carbonyl (C=O) groups excluding carboxylic acids is 1. The lowest BCUT2D eigenvalue weighted by atomic mass is 10.1. The molecule has 0 aliphatic heterocycles. The van der Waals surface area contributed by atoms with Gasteiger partial charge in [0.05, 0.1) is 9.82 Å². The molecule has 0 fully saturated rings. The molecule has 1 amide bonds. The molecule has 0 unspecified atom stereocenters.